The van der Waals surface area contributed by atoms with Crippen molar-refractivity contribution >= 4 is 17.3 Å². The van der Waals surface area contributed by atoms with Crippen LogP contribution in [-0.2, 0) is 14.4 Å². The normalized spacial score (nSPS) is 20.2. The Hall–Kier alpha value is -1.51. The number of ketones is 3. The quantitative estimate of drug-likeness (QED) is 0.629. The fraction of sp³-hybridized carbons (Fsp3) is 0.364. The molecule has 0 amide bonds. The lowest BCUT2D eigenvalue weighted by Gasteiger charge is -2.18. The van der Waals surface area contributed by atoms with Gasteiger partial charge >= 0.3 is 0 Å². The zero-order valence-corrected chi connectivity index (χ0v) is 8.19. The van der Waals surface area contributed by atoms with Crippen molar-refractivity contribution in [1.82, 2.24) is 0 Å². The van der Waals surface area contributed by atoms with Crippen LogP contribution in [-0.4, -0.2) is 17.3 Å². The predicted octanol–water partition coefficient (Wildman–Crippen LogP) is 1.09. The van der Waals surface area contributed by atoms with Gasteiger partial charge in [-0.25, -0.2) is 0 Å². The average molecular weight is 192 g/mol. The lowest BCUT2D eigenvalue weighted by molar-refractivity contribution is -0.135. The Bertz CT molecular complexity index is 322. The fourth-order valence-electron chi connectivity index (χ4n) is 1.61. The smallest absolute Gasteiger partial charge is 0.163 e. The summed E-state index contributed by atoms with van der Waals surface area (Å²) in [7, 11) is 0. The van der Waals surface area contributed by atoms with Crippen molar-refractivity contribution in [2.45, 2.75) is 13.8 Å². The molecule has 0 bridgehead atoms. The minimum Gasteiger partial charge on any atom is -0.299 e. The highest BCUT2D eigenvalue weighted by molar-refractivity contribution is 6.07. The molecule has 0 spiro atoms. The first-order chi connectivity index (χ1) is 6.54. The summed E-state index contributed by atoms with van der Waals surface area (Å²) < 4.78 is 0. The number of hydrogen-bond donors (Lipinski definition) is 0. The summed E-state index contributed by atoms with van der Waals surface area (Å²) in [6.45, 7) is 2.68. The van der Waals surface area contributed by atoms with E-state index in [9.17, 15) is 14.4 Å². The second-order valence-electron chi connectivity index (χ2n) is 3.37. The summed E-state index contributed by atoms with van der Waals surface area (Å²) in [5.74, 6) is -2.10. The predicted molar refractivity (Wildman–Crippen MR) is 51.6 cm³/mol. The molecule has 0 aromatic heterocycles. The molecule has 1 aliphatic carbocycles. The number of hydrogen-bond acceptors (Lipinski definition) is 3. The van der Waals surface area contributed by atoms with Gasteiger partial charge in [0.05, 0.1) is 11.8 Å². The fourth-order valence-corrected chi connectivity index (χ4v) is 1.61. The van der Waals surface area contributed by atoms with Gasteiger partial charge in [-0.2, -0.15) is 0 Å². The number of carbonyl (C=O) groups is 3. The van der Waals surface area contributed by atoms with Gasteiger partial charge in [0, 0.05) is 0 Å². The summed E-state index contributed by atoms with van der Waals surface area (Å²) >= 11 is 0. The standard InChI is InChI=1S/C11H12O3/c1-7(12)11(8(2)13)9-5-3-4-6-10(9)14/h3-6,9,11H,1-2H3. The lowest BCUT2D eigenvalue weighted by atomic mass is 9.81. The summed E-state index contributed by atoms with van der Waals surface area (Å²) in [6, 6.07) is 0. The van der Waals surface area contributed by atoms with E-state index in [-0.39, 0.29) is 17.3 Å². The van der Waals surface area contributed by atoms with Gasteiger partial charge in [0.2, 0.25) is 0 Å². The van der Waals surface area contributed by atoms with E-state index in [0.29, 0.717) is 0 Å². The molecular formula is C11H12O3. The maximum atomic E-state index is 11.4. The Labute approximate surface area is 82.5 Å². The van der Waals surface area contributed by atoms with Crippen molar-refractivity contribution in [3.63, 3.8) is 0 Å². The Morgan fingerprint density at radius 2 is 1.79 bits per heavy atom. The average Bonchev–Trinajstić information content (AvgIpc) is 2.07. The van der Waals surface area contributed by atoms with Crippen LogP contribution < -0.4 is 0 Å². The van der Waals surface area contributed by atoms with Gasteiger partial charge in [-0.1, -0.05) is 18.2 Å². The van der Waals surface area contributed by atoms with E-state index >= 15 is 0 Å². The Kier molecular flexibility index (Phi) is 3.12. The third-order valence-electron chi connectivity index (χ3n) is 2.25. The first-order valence-corrected chi connectivity index (χ1v) is 4.43. The third kappa shape index (κ3) is 2.05. The van der Waals surface area contributed by atoms with E-state index < -0.39 is 11.8 Å². The molecule has 1 aliphatic rings. The van der Waals surface area contributed by atoms with Gasteiger partial charge in [0.25, 0.3) is 0 Å². The molecule has 1 unspecified atom stereocenters. The van der Waals surface area contributed by atoms with E-state index in [1.165, 1.54) is 19.9 Å². The highest BCUT2D eigenvalue weighted by atomic mass is 16.2. The molecule has 0 aromatic rings. The molecule has 3 nitrogen and oxygen atoms in total. The van der Waals surface area contributed by atoms with Crippen LogP contribution in [0.25, 0.3) is 0 Å². The van der Waals surface area contributed by atoms with Crippen molar-refractivity contribution in [1.29, 1.82) is 0 Å². The van der Waals surface area contributed by atoms with Crippen LogP contribution in [0.1, 0.15) is 13.8 Å². The van der Waals surface area contributed by atoms with Crippen LogP contribution in [0.15, 0.2) is 24.3 Å². The van der Waals surface area contributed by atoms with Gasteiger partial charge in [-0.3, -0.25) is 14.4 Å². The molecule has 0 aliphatic heterocycles. The van der Waals surface area contributed by atoms with Crippen molar-refractivity contribution in [2.75, 3.05) is 0 Å². The lowest BCUT2D eigenvalue weighted by Crippen LogP contribution is -2.32. The maximum absolute atomic E-state index is 11.4. The van der Waals surface area contributed by atoms with Crippen molar-refractivity contribution in [2.24, 2.45) is 11.8 Å². The zero-order chi connectivity index (χ0) is 10.7. The number of carbonyl (C=O) groups excluding carboxylic acids is 3. The minimum absolute atomic E-state index is 0.178. The van der Waals surface area contributed by atoms with Crippen molar-refractivity contribution in [3.05, 3.63) is 24.3 Å². The molecule has 1 rings (SSSR count). The number of Topliss-reactive ketones (excluding diaryl/α,β-unsaturated/α-hetero) is 2. The molecule has 0 radical (unpaired) electrons. The molecule has 0 fully saturated rings. The summed E-state index contributed by atoms with van der Waals surface area (Å²) in [5.41, 5.74) is 0. The van der Waals surface area contributed by atoms with Crippen molar-refractivity contribution in [3.8, 4) is 0 Å². The molecule has 0 heterocycles. The van der Waals surface area contributed by atoms with Crippen LogP contribution in [0.4, 0.5) is 0 Å². The summed E-state index contributed by atoms with van der Waals surface area (Å²) in [5, 5.41) is 0. The molecule has 74 valence electrons. The SMILES string of the molecule is CC(=O)C(C(C)=O)C1C=CC=CC1=O. The highest BCUT2D eigenvalue weighted by Gasteiger charge is 2.32. The zero-order valence-electron chi connectivity index (χ0n) is 8.19. The summed E-state index contributed by atoms with van der Waals surface area (Å²) in [6.07, 6.45) is 6.29. The third-order valence-corrected chi connectivity index (χ3v) is 2.25. The first-order valence-electron chi connectivity index (χ1n) is 4.43. The van der Waals surface area contributed by atoms with Crippen LogP contribution in [0.2, 0.25) is 0 Å². The van der Waals surface area contributed by atoms with Crippen LogP contribution in [0.5, 0.6) is 0 Å². The molecular weight excluding hydrogens is 180 g/mol. The van der Waals surface area contributed by atoms with E-state index in [1.807, 2.05) is 0 Å². The molecule has 0 saturated heterocycles. The van der Waals surface area contributed by atoms with E-state index in [1.54, 1.807) is 18.2 Å². The van der Waals surface area contributed by atoms with Gasteiger partial charge in [0.15, 0.2) is 5.78 Å². The second-order valence-corrected chi connectivity index (χ2v) is 3.37. The van der Waals surface area contributed by atoms with Gasteiger partial charge in [0.1, 0.15) is 11.6 Å². The largest absolute Gasteiger partial charge is 0.299 e. The molecule has 3 heteroatoms. The van der Waals surface area contributed by atoms with Gasteiger partial charge < -0.3 is 0 Å². The minimum atomic E-state index is -0.816. The second kappa shape index (κ2) is 4.13. The Morgan fingerprint density at radius 1 is 1.21 bits per heavy atom. The maximum Gasteiger partial charge on any atom is 0.163 e. The van der Waals surface area contributed by atoms with Crippen LogP contribution in [0.3, 0.4) is 0 Å². The van der Waals surface area contributed by atoms with E-state index in [0.717, 1.165) is 0 Å². The van der Waals surface area contributed by atoms with E-state index in [4.69, 9.17) is 0 Å². The first kappa shape index (κ1) is 10.6. The Morgan fingerprint density at radius 3 is 2.21 bits per heavy atom. The molecule has 0 saturated carbocycles. The van der Waals surface area contributed by atoms with Gasteiger partial charge in [-0.05, 0) is 19.9 Å². The molecule has 0 aromatic carbocycles. The van der Waals surface area contributed by atoms with E-state index in [2.05, 4.69) is 0 Å². The topological polar surface area (TPSA) is 51.2 Å². The van der Waals surface area contributed by atoms with Crippen LogP contribution >= 0.6 is 0 Å². The molecule has 0 N–H and O–H groups in total. The summed E-state index contributed by atoms with van der Waals surface area (Å²) in [4.78, 5) is 33.8. The number of allylic oxidation sites excluding steroid dienone is 4. The van der Waals surface area contributed by atoms with Crippen molar-refractivity contribution < 1.29 is 14.4 Å². The molecule has 1 atom stereocenters. The Balaban J connectivity index is 2.95. The highest BCUT2D eigenvalue weighted by Crippen LogP contribution is 2.20. The van der Waals surface area contributed by atoms with Gasteiger partial charge in [-0.15, -0.1) is 0 Å². The molecule has 14 heavy (non-hydrogen) atoms. The van der Waals surface area contributed by atoms with Crippen LogP contribution in [0, 0.1) is 11.8 Å². The monoisotopic (exact) mass is 192 g/mol. The number of rotatable bonds is 3.